The second-order valence-electron chi connectivity index (χ2n) is 11.2. The SMILES string of the molecule is C=CCCCCOC(=O)[C@H]1[C@H]2C(=O)N(CCCCCO)C(C(=O)N(CC=C)c3ccc(Cl)cc3)C23CC[C@]1(C)O3. The predicted octanol–water partition coefficient (Wildman–Crippen LogP) is 4.69. The number of ether oxygens (including phenoxy) is 2. The van der Waals surface area contributed by atoms with Gasteiger partial charge in [-0.2, -0.15) is 0 Å². The molecule has 3 aliphatic heterocycles. The van der Waals surface area contributed by atoms with Crippen molar-refractivity contribution in [1.29, 1.82) is 0 Å². The Balaban J connectivity index is 1.67. The summed E-state index contributed by atoms with van der Waals surface area (Å²) in [6.45, 7) is 10.3. The van der Waals surface area contributed by atoms with Gasteiger partial charge in [0.15, 0.2) is 0 Å². The molecule has 40 heavy (non-hydrogen) atoms. The zero-order chi connectivity index (χ0) is 28.9. The van der Waals surface area contributed by atoms with Crippen LogP contribution in [0.4, 0.5) is 5.69 Å². The molecule has 8 nitrogen and oxygen atoms in total. The molecule has 1 spiro atoms. The minimum atomic E-state index is -1.13. The first-order valence-corrected chi connectivity index (χ1v) is 14.7. The fraction of sp³-hybridized carbons (Fsp3) is 0.581. The van der Waals surface area contributed by atoms with Crippen molar-refractivity contribution in [2.45, 2.75) is 75.5 Å². The lowest BCUT2D eigenvalue weighted by Crippen LogP contribution is -2.56. The fourth-order valence-electron chi connectivity index (χ4n) is 6.75. The molecule has 3 heterocycles. The van der Waals surface area contributed by atoms with Crippen molar-refractivity contribution in [2.75, 3.05) is 31.2 Å². The van der Waals surface area contributed by atoms with Gasteiger partial charge in [0.25, 0.3) is 5.91 Å². The van der Waals surface area contributed by atoms with Crippen molar-refractivity contribution in [1.82, 2.24) is 4.90 Å². The molecule has 2 amide bonds. The molecule has 0 radical (unpaired) electrons. The molecule has 1 aromatic carbocycles. The van der Waals surface area contributed by atoms with Crippen LogP contribution in [-0.4, -0.2) is 71.3 Å². The third-order valence-electron chi connectivity index (χ3n) is 8.58. The van der Waals surface area contributed by atoms with E-state index < -0.39 is 35.0 Å². The molecule has 2 unspecified atom stereocenters. The van der Waals surface area contributed by atoms with E-state index in [1.54, 1.807) is 40.1 Å². The standard InChI is InChI=1S/C31H41ClN2O6/c1-4-6-7-11-21-39-29(38)25-24-27(36)34(19-9-8-10-20-35)26(31(24)17-16-30(25,3)40-31)28(37)33(18-5-2)23-14-12-22(32)13-15-23/h4-5,12-15,24-26,35H,1-2,6-11,16-21H2,3H3/t24-,25+,26?,30-,31?/m0/s1. The highest BCUT2D eigenvalue weighted by molar-refractivity contribution is 6.30. The van der Waals surface area contributed by atoms with Crippen LogP contribution < -0.4 is 4.90 Å². The lowest BCUT2D eigenvalue weighted by molar-refractivity contribution is -0.159. The number of fused-ring (bicyclic) bond motifs is 1. The highest BCUT2D eigenvalue weighted by atomic mass is 35.5. The van der Waals surface area contributed by atoms with E-state index in [0.717, 1.165) is 12.8 Å². The van der Waals surface area contributed by atoms with Crippen LogP contribution in [0.25, 0.3) is 0 Å². The zero-order valence-electron chi connectivity index (χ0n) is 23.4. The van der Waals surface area contributed by atoms with Gasteiger partial charge in [0.1, 0.15) is 17.6 Å². The maximum absolute atomic E-state index is 14.5. The van der Waals surface area contributed by atoms with E-state index in [0.29, 0.717) is 55.8 Å². The third-order valence-corrected chi connectivity index (χ3v) is 8.84. The van der Waals surface area contributed by atoms with Gasteiger partial charge in [-0.1, -0.05) is 23.8 Å². The van der Waals surface area contributed by atoms with Crippen molar-refractivity contribution in [2.24, 2.45) is 11.8 Å². The Morgan fingerprint density at radius 1 is 1.15 bits per heavy atom. The maximum Gasteiger partial charge on any atom is 0.312 e. The van der Waals surface area contributed by atoms with Crippen LogP contribution in [0.15, 0.2) is 49.6 Å². The molecule has 0 aromatic heterocycles. The molecule has 3 aliphatic rings. The zero-order valence-corrected chi connectivity index (χ0v) is 24.1. The Morgan fingerprint density at radius 2 is 1.90 bits per heavy atom. The number of aliphatic hydroxyl groups excluding tert-OH is 1. The van der Waals surface area contributed by atoms with Crippen molar-refractivity contribution < 1.29 is 29.0 Å². The smallest absolute Gasteiger partial charge is 0.312 e. The number of allylic oxidation sites excluding steroid dienone is 1. The van der Waals surface area contributed by atoms with E-state index in [9.17, 15) is 19.5 Å². The van der Waals surface area contributed by atoms with Crippen LogP contribution in [0.1, 0.15) is 58.3 Å². The van der Waals surface area contributed by atoms with Crippen LogP contribution in [0.2, 0.25) is 5.02 Å². The Labute approximate surface area is 241 Å². The summed E-state index contributed by atoms with van der Waals surface area (Å²) >= 11 is 6.11. The molecule has 1 N–H and O–H groups in total. The van der Waals surface area contributed by atoms with Gasteiger partial charge >= 0.3 is 5.97 Å². The normalized spacial score (nSPS) is 28.4. The van der Waals surface area contributed by atoms with Crippen LogP contribution in [0.3, 0.4) is 0 Å². The fourth-order valence-corrected chi connectivity index (χ4v) is 6.87. The number of esters is 1. The number of likely N-dealkylation sites (tertiary alicyclic amines) is 1. The van der Waals surface area contributed by atoms with Gasteiger partial charge in [-0.05, 0) is 82.6 Å². The summed E-state index contributed by atoms with van der Waals surface area (Å²) in [6, 6.07) is 6.06. The third kappa shape index (κ3) is 5.58. The van der Waals surface area contributed by atoms with Crippen molar-refractivity contribution >= 4 is 35.1 Å². The minimum Gasteiger partial charge on any atom is -0.465 e. The van der Waals surface area contributed by atoms with Crippen molar-refractivity contribution in [3.8, 4) is 0 Å². The quantitative estimate of drug-likeness (QED) is 0.186. The Morgan fingerprint density at radius 3 is 2.58 bits per heavy atom. The topological polar surface area (TPSA) is 96.4 Å². The van der Waals surface area contributed by atoms with Gasteiger partial charge in [0.05, 0.1) is 18.1 Å². The number of amides is 2. The van der Waals surface area contributed by atoms with Gasteiger partial charge in [-0.25, -0.2) is 0 Å². The molecule has 3 fully saturated rings. The van der Waals surface area contributed by atoms with Crippen LogP contribution >= 0.6 is 11.6 Å². The van der Waals surface area contributed by atoms with E-state index >= 15 is 0 Å². The number of carbonyl (C=O) groups excluding carboxylic acids is 3. The average molecular weight is 573 g/mol. The number of nitrogens with zero attached hydrogens (tertiary/aromatic N) is 2. The van der Waals surface area contributed by atoms with Crippen LogP contribution in [0, 0.1) is 11.8 Å². The van der Waals surface area contributed by atoms with Gasteiger partial charge in [-0.3, -0.25) is 14.4 Å². The summed E-state index contributed by atoms with van der Waals surface area (Å²) < 4.78 is 12.4. The summed E-state index contributed by atoms with van der Waals surface area (Å²) in [7, 11) is 0. The van der Waals surface area contributed by atoms with Crippen LogP contribution in [-0.2, 0) is 23.9 Å². The van der Waals surface area contributed by atoms with Gasteiger partial charge in [0, 0.05) is 30.4 Å². The Kier molecular flexibility index (Phi) is 9.75. The minimum absolute atomic E-state index is 0.0642. The molecule has 218 valence electrons. The van der Waals surface area contributed by atoms with Gasteiger partial charge < -0.3 is 24.4 Å². The Bertz CT molecular complexity index is 1110. The first-order chi connectivity index (χ1) is 19.2. The highest BCUT2D eigenvalue weighted by Crippen LogP contribution is 2.63. The summed E-state index contributed by atoms with van der Waals surface area (Å²) in [6.07, 6.45) is 8.88. The summed E-state index contributed by atoms with van der Waals surface area (Å²) in [5.74, 6) is -2.53. The number of carbonyl (C=O) groups is 3. The van der Waals surface area contributed by atoms with Gasteiger partial charge in [-0.15, -0.1) is 13.2 Å². The molecule has 3 saturated heterocycles. The number of unbranched alkanes of at least 4 members (excludes halogenated alkanes) is 4. The first-order valence-electron chi connectivity index (χ1n) is 14.3. The maximum atomic E-state index is 14.5. The van der Waals surface area contributed by atoms with Crippen molar-refractivity contribution in [3.63, 3.8) is 0 Å². The number of halogens is 1. The van der Waals surface area contributed by atoms with E-state index in [2.05, 4.69) is 13.2 Å². The molecule has 5 atom stereocenters. The summed E-state index contributed by atoms with van der Waals surface area (Å²) in [5, 5.41) is 9.80. The number of hydrogen-bond donors (Lipinski definition) is 1. The molecular weight excluding hydrogens is 532 g/mol. The number of benzene rings is 1. The lowest BCUT2D eigenvalue weighted by Gasteiger charge is -2.36. The lowest BCUT2D eigenvalue weighted by atomic mass is 9.66. The number of aliphatic hydroxyl groups is 1. The summed E-state index contributed by atoms with van der Waals surface area (Å²) in [5.41, 5.74) is -1.38. The molecule has 0 aliphatic carbocycles. The molecule has 0 saturated carbocycles. The van der Waals surface area contributed by atoms with Gasteiger partial charge in [0.2, 0.25) is 5.91 Å². The first kappa shape index (κ1) is 30.3. The van der Waals surface area contributed by atoms with Crippen LogP contribution in [0.5, 0.6) is 0 Å². The van der Waals surface area contributed by atoms with E-state index in [-0.39, 0.29) is 31.6 Å². The molecular formula is C31H41ClN2O6. The molecule has 9 heteroatoms. The average Bonchev–Trinajstić information content (AvgIpc) is 3.50. The van der Waals surface area contributed by atoms with E-state index in [4.69, 9.17) is 21.1 Å². The predicted molar refractivity (Wildman–Crippen MR) is 154 cm³/mol. The molecule has 1 aromatic rings. The Hall–Kier alpha value is -2.68. The van der Waals surface area contributed by atoms with Crippen molar-refractivity contribution in [3.05, 3.63) is 54.6 Å². The second-order valence-corrected chi connectivity index (χ2v) is 11.6. The largest absolute Gasteiger partial charge is 0.465 e. The number of rotatable bonds is 15. The molecule has 4 rings (SSSR count). The monoisotopic (exact) mass is 572 g/mol. The summed E-state index contributed by atoms with van der Waals surface area (Å²) in [4.78, 5) is 45.3. The number of hydrogen-bond acceptors (Lipinski definition) is 6. The van der Waals surface area contributed by atoms with E-state index in [1.807, 2.05) is 13.0 Å². The van der Waals surface area contributed by atoms with E-state index in [1.165, 1.54) is 0 Å². The number of anilines is 1. The second kappa shape index (κ2) is 12.9. The highest BCUT2D eigenvalue weighted by Gasteiger charge is 2.78. The molecule has 2 bridgehead atoms.